The molecule has 0 aliphatic heterocycles. The zero-order valence-corrected chi connectivity index (χ0v) is 9.78. The van der Waals surface area contributed by atoms with Gasteiger partial charge in [0.2, 0.25) is 0 Å². The number of hydrogen-bond acceptors (Lipinski definition) is 2. The average molecular weight is 220 g/mol. The number of carbonyl (C=O) groups is 2. The van der Waals surface area contributed by atoms with Crippen molar-refractivity contribution in [1.29, 1.82) is 0 Å². The van der Waals surface area contributed by atoms with Gasteiger partial charge in [-0.15, -0.1) is 0 Å². The predicted molar refractivity (Wildman–Crippen MR) is 60.9 cm³/mol. The van der Waals surface area contributed by atoms with Crippen LogP contribution in [0.25, 0.3) is 0 Å². The van der Waals surface area contributed by atoms with E-state index in [-0.39, 0.29) is 11.8 Å². The maximum atomic E-state index is 12.2. The zero-order valence-electron chi connectivity index (χ0n) is 9.78. The fourth-order valence-corrected chi connectivity index (χ4v) is 4.23. The van der Waals surface area contributed by atoms with Crippen molar-refractivity contribution in [2.24, 2.45) is 23.7 Å². The maximum absolute atomic E-state index is 12.2. The molecule has 88 valence electrons. The minimum Gasteiger partial charge on any atom is -0.299 e. The van der Waals surface area contributed by atoms with Gasteiger partial charge < -0.3 is 0 Å². The van der Waals surface area contributed by atoms with Crippen molar-refractivity contribution in [3.05, 3.63) is 0 Å². The number of hydrogen-bond donors (Lipinski definition) is 0. The van der Waals surface area contributed by atoms with Gasteiger partial charge in [-0.2, -0.15) is 0 Å². The summed E-state index contributed by atoms with van der Waals surface area (Å²) in [6.07, 6.45) is 8.05. The van der Waals surface area contributed by atoms with Crippen LogP contribution in [0.2, 0.25) is 0 Å². The van der Waals surface area contributed by atoms with Crippen LogP contribution in [-0.4, -0.2) is 11.6 Å². The SMILES string of the molecule is O=C1C[C@H]2CCC[C@@H]2C(=O)C[C@H]2CCC[C@H]12. The molecule has 2 heteroatoms. The van der Waals surface area contributed by atoms with E-state index in [1.54, 1.807) is 0 Å². The zero-order chi connectivity index (χ0) is 11.1. The van der Waals surface area contributed by atoms with Crippen molar-refractivity contribution >= 4 is 11.6 Å². The van der Waals surface area contributed by atoms with E-state index in [9.17, 15) is 9.59 Å². The van der Waals surface area contributed by atoms with Crippen LogP contribution in [0.1, 0.15) is 51.4 Å². The second kappa shape index (κ2) is 3.97. The van der Waals surface area contributed by atoms with Crippen molar-refractivity contribution in [3.63, 3.8) is 0 Å². The molecule has 0 bridgehead atoms. The van der Waals surface area contributed by atoms with Crippen LogP contribution in [0, 0.1) is 23.7 Å². The molecule has 3 fully saturated rings. The molecule has 0 unspecified atom stereocenters. The van der Waals surface area contributed by atoms with Gasteiger partial charge in [-0.05, 0) is 37.5 Å². The van der Waals surface area contributed by atoms with Gasteiger partial charge in [0, 0.05) is 24.7 Å². The summed E-state index contributed by atoms with van der Waals surface area (Å²) >= 11 is 0. The highest BCUT2D eigenvalue weighted by molar-refractivity contribution is 5.88. The molecule has 0 aromatic heterocycles. The van der Waals surface area contributed by atoms with Gasteiger partial charge in [0.25, 0.3) is 0 Å². The van der Waals surface area contributed by atoms with E-state index in [4.69, 9.17) is 0 Å². The van der Waals surface area contributed by atoms with Crippen molar-refractivity contribution < 1.29 is 9.59 Å². The lowest BCUT2D eigenvalue weighted by Crippen LogP contribution is -2.32. The van der Waals surface area contributed by atoms with Crippen LogP contribution in [-0.2, 0) is 9.59 Å². The predicted octanol–water partition coefficient (Wildman–Crippen LogP) is 2.75. The lowest BCUT2D eigenvalue weighted by molar-refractivity contribution is -0.131. The van der Waals surface area contributed by atoms with Crippen LogP contribution >= 0.6 is 0 Å². The van der Waals surface area contributed by atoms with E-state index < -0.39 is 0 Å². The summed E-state index contributed by atoms with van der Waals surface area (Å²) < 4.78 is 0. The molecule has 3 rings (SSSR count). The number of rotatable bonds is 0. The molecule has 0 aromatic carbocycles. The standard InChI is InChI=1S/C14H20O2/c15-13-8-10-4-2-6-12(10)14(16)7-9-3-1-5-11(9)13/h9-12H,1-8H2/t9-,10-,11+,12+/m1/s1. The first kappa shape index (κ1) is 10.5. The number of fused-ring (bicyclic) bond motifs is 2. The highest BCUT2D eigenvalue weighted by Gasteiger charge is 2.42. The molecular weight excluding hydrogens is 200 g/mol. The Bertz CT molecular complexity index is 289. The highest BCUT2D eigenvalue weighted by atomic mass is 16.1. The molecule has 4 atom stereocenters. The molecule has 0 spiro atoms. The van der Waals surface area contributed by atoms with Gasteiger partial charge in [0.15, 0.2) is 0 Å². The Kier molecular flexibility index (Phi) is 2.61. The van der Waals surface area contributed by atoms with E-state index in [1.165, 1.54) is 0 Å². The minimum atomic E-state index is 0.241. The molecule has 3 aliphatic carbocycles. The Hall–Kier alpha value is -0.660. The third-order valence-electron chi connectivity index (χ3n) is 5.07. The molecule has 0 heterocycles. The first-order valence-corrected chi connectivity index (χ1v) is 6.81. The van der Waals surface area contributed by atoms with E-state index >= 15 is 0 Å². The van der Waals surface area contributed by atoms with E-state index in [0.717, 1.165) is 38.5 Å². The van der Waals surface area contributed by atoms with Crippen LogP contribution in [0.4, 0.5) is 0 Å². The minimum absolute atomic E-state index is 0.241. The first-order chi connectivity index (χ1) is 7.75. The third kappa shape index (κ3) is 1.63. The summed E-state index contributed by atoms with van der Waals surface area (Å²) in [6.45, 7) is 0. The lowest BCUT2D eigenvalue weighted by atomic mass is 9.75. The molecule has 3 aliphatic rings. The second-order valence-corrected chi connectivity index (χ2v) is 5.94. The molecular formula is C14H20O2. The fraction of sp³-hybridized carbons (Fsp3) is 0.857. The molecule has 0 radical (unpaired) electrons. The Morgan fingerprint density at radius 1 is 0.688 bits per heavy atom. The number of ketones is 2. The Morgan fingerprint density at radius 3 is 1.56 bits per heavy atom. The molecule has 16 heavy (non-hydrogen) atoms. The first-order valence-electron chi connectivity index (χ1n) is 6.81. The Labute approximate surface area is 96.8 Å². The fourth-order valence-electron chi connectivity index (χ4n) is 4.23. The summed E-state index contributed by atoms with van der Waals surface area (Å²) in [6, 6.07) is 0. The average Bonchev–Trinajstić information content (AvgIpc) is 2.84. The summed E-state index contributed by atoms with van der Waals surface area (Å²) in [5, 5.41) is 0. The smallest absolute Gasteiger partial charge is 0.136 e. The van der Waals surface area contributed by atoms with Crippen molar-refractivity contribution in [1.82, 2.24) is 0 Å². The summed E-state index contributed by atoms with van der Waals surface area (Å²) in [4.78, 5) is 24.4. The van der Waals surface area contributed by atoms with Crippen LogP contribution in [0.3, 0.4) is 0 Å². The van der Waals surface area contributed by atoms with E-state index in [1.807, 2.05) is 0 Å². The Morgan fingerprint density at radius 2 is 1.12 bits per heavy atom. The summed E-state index contributed by atoms with van der Waals surface area (Å²) in [5.74, 6) is 2.25. The largest absolute Gasteiger partial charge is 0.299 e. The topological polar surface area (TPSA) is 34.1 Å². The molecule has 0 aromatic rings. The Balaban J connectivity index is 1.84. The quantitative estimate of drug-likeness (QED) is 0.629. The third-order valence-corrected chi connectivity index (χ3v) is 5.07. The summed E-state index contributed by atoms with van der Waals surface area (Å²) in [7, 11) is 0. The molecule has 2 nitrogen and oxygen atoms in total. The lowest BCUT2D eigenvalue weighted by Gasteiger charge is -2.27. The van der Waals surface area contributed by atoms with Gasteiger partial charge in [-0.3, -0.25) is 9.59 Å². The van der Waals surface area contributed by atoms with Gasteiger partial charge in [-0.1, -0.05) is 12.8 Å². The number of carbonyl (C=O) groups excluding carboxylic acids is 2. The maximum Gasteiger partial charge on any atom is 0.136 e. The van der Waals surface area contributed by atoms with Crippen molar-refractivity contribution in [2.75, 3.05) is 0 Å². The van der Waals surface area contributed by atoms with Crippen molar-refractivity contribution in [3.8, 4) is 0 Å². The van der Waals surface area contributed by atoms with Crippen molar-refractivity contribution in [2.45, 2.75) is 51.4 Å². The van der Waals surface area contributed by atoms with E-state index in [0.29, 0.717) is 36.2 Å². The van der Waals surface area contributed by atoms with E-state index in [2.05, 4.69) is 0 Å². The normalized spacial score (nSPS) is 43.8. The van der Waals surface area contributed by atoms with Gasteiger partial charge >= 0.3 is 0 Å². The highest BCUT2D eigenvalue weighted by Crippen LogP contribution is 2.44. The van der Waals surface area contributed by atoms with Gasteiger partial charge in [0.05, 0.1) is 0 Å². The van der Waals surface area contributed by atoms with Crippen LogP contribution in [0.5, 0.6) is 0 Å². The monoisotopic (exact) mass is 220 g/mol. The van der Waals surface area contributed by atoms with Gasteiger partial charge in [0.1, 0.15) is 11.6 Å². The van der Waals surface area contributed by atoms with Crippen LogP contribution in [0.15, 0.2) is 0 Å². The summed E-state index contributed by atoms with van der Waals surface area (Å²) in [5.41, 5.74) is 0. The van der Waals surface area contributed by atoms with Crippen LogP contribution < -0.4 is 0 Å². The second-order valence-electron chi connectivity index (χ2n) is 5.94. The number of Topliss-reactive ketones (excluding diaryl/α,β-unsaturated/α-hetero) is 2. The molecule has 0 N–H and O–H groups in total. The molecule has 3 saturated carbocycles. The molecule has 0 saturated heterocycles. The van der Waals surface area contributed by atoms with Gasteiger partial charge in [-0.25, -0.2) is 0 Å². The molecule has 0 amide bonds.